The van der Waals surface area contributed by atoms with E-state index < -0.39 is 5.60 Å². The third-order valence-corrected chi connectivity index (χ3v) is 4.75. The lowest BCUT2D eigenvalue weighted by molar-refractivity contribution is -0.0247. The van der Waals surface area contributed by atoms with E-state index in [2.05, 4.69) is 10.3 Å². The van der Waals surface area contributed by atoms with Crippen molar-refractivity contribution in [2.45, 2.75) is 24.9 Å². The Balaban J connectivity index is 1.57. The van der Waals surface area contributed by atoms with E-state index in [1.165, 1.54) is 6.20 Å². The summed E-state index contributed by atoms with van der Waals surface area (Å²) in [6.45, 7) is 0.618. The summed E-state index contributed by atoms with van der Waals surface area (Å²) in [7, 11) is 1.59. The number of aliphatic hydroxyl groups excluding tert-OH is 1. The van der Waals surface area contributed by atoms with E-state index in [0.717, 1.165) is 0 Å². The highest BCUT2D eigenvalue weighted by Crippen LogP contribution is 2.25. The number of carbonyl (C=O) groups excluding carboxylic acids is 1. The lowest BCUT2D eigenvalue weighted by atomic mass is 9.96. The molecule has 1 saturated heterocycles. The molecule has 150 valence electrons. The van der Waals surface area contributed by atoms with E-state index in [-0.39, 0.29) is 12.6 Å². The maximum Gasteiger partial charge on any atom is 0.321 e. The second-order valence-corrected chi connectivity index (χ2v) is 6.82. The molecule has 0 aliphatic carbocycles. The van der Waals surface area contributed by atoms with E-state index in [1.54, 1.807) is 36.3 Å². The molecule has 1 aromatic heterocycles. The maximum atomic E-state index is 12.5. The second-order valence-electron chi connectivity index (χ2n) is 6.82. The monoisotopic (exact) mass is 387 g/mol. The topological polar surface area (TPSA) is 104 Å². The maximum absolute atomic E-state index is 12.5. The van der Waals surface area contributed by atoms with Crippen molar-refractivity contribution < 1.29 is 24.5 Å². The predicted octanol–water partition coefficient (Wildman–Crippen LogP) is 2.62. The summed E-state index contributed by atoms with van der Waals surface area (Å²) in [5.74, 6) is 1.69. The largest absolute Gasteiger partial charge is 0.497 e. The van der Waals surface area contributed by atoms with Crippen molar-refractivity contribution in [2.75, 3.05) is 32.1 Å². The lowest BCUT2D eigenvalue weighted by Crippen LogP contribution is -2.38. The van der Waals surface area contributed by atoms with Crippen LogP contribution in [0.15, 0.2) is 42.6 Å². The van der Waals surface area contributed by atoms with Crippen LogP contribution in [0.25, 0.3) is 0 Å². The first-order chi connectivity index (χ1) is 13.5. The van der Waals surface area contributed by atoms with Crippen LogP contribution >= 0.6 is 0 Å². The molecule has 0 saturated carbocycles. The van der Waals surface area contributed by atoms with Crippen LogP contribution in [-0.4, -0.2) is 58.5 Å². The highest BCUT2D eigenvalue weighted by Gasteiger charge is 2.30. The Morgan fingerprint density at radius 1 is 1.25 bits per heavy atom. The van der Waals surface area contributed by atoms with Crippen LogP contribution in [0.5, 0.6) is 17.4 Å². The third-order valence-electron chi connectivity index (χ3n) is 4.75. The van der Waals surface area contributed by atoms with Gasteiger partial charge in [-0.15, -0.1) is 0 Å². The number of methoxy groups -OCH3 is 1. The minimum atomic E-state index is -1.10. The number of nitrogens with one attached hydrogen (secondary N) is 1. The van der Waals surface area contributed by atoms with Crippen LogP contribution < -0.4 is 14.8 Å². The minimum absolute atomic E-state index is 0.259. The normalized spacial score (nSPS) is 19.6. The molecule has 8 heteroatoms. The van der Waals surface area contributed by atoms with Crippen LogP contribution in [0.3, 0.4) is 0 Å². The Morgan fingerprint density at radius 2 is 2.07 bits per heavy atom. The van der Waals surface area contributed by atoms with Gasteiger partial charge < -0.3 is 29.9 Å². The fraction of sp³-hybridized carbons (Fsp3) is 0.400. The number of likely N-dealkylation sites (tertiary alicyclic amines) is 1. The van der Waals surface area contributed by atoms with Crippen LogP contribution in [0.2, 0.25) is 0 Å². The number of benzene rings is 1. The molecule has 3 N–H and O–H groups in total. The average Bonchev–Trinajstić information content (AvgIpc) is 2.92. The first kappa shape index (κ1) is 19.9. The number of carbonyl (C=O) groups is 1. The van der Waals surface area contributed by atoms with Crippen LogP contribution in [-0.2, 0) is 0 Å². The molecule has 3 rings (SSSR count). The Morgan fingerprint density at radius 3 is 2.79 bits per heavy atom. The number of anilines is 1. The minimum Gasteiger partial charge on any atom is -0.497 e. The third kappa shape index (κ3) is 5.11. The first-order valence-corrected chi connectivity index (χ1v) is 9.18. The van der Waals surface area contributed by atoms with Gasteiger partial charge >= 0.3 is 6.03 Å². The van der Waals surface area contributed by atoms with E-state index in [1.807, 2.05) is 12.1 Å². The highest BCUT2D eigenvalue weighted by atomic mass is 16.5. The summed E-state index contributed by atoms with van der Waals surface area (Å²) in [5, 5.41) is 22.3. The Kier molecular flexibility index (Phi) is 6.33. The van der Waals surface area contributed by atoms with Gasteiger partial charge in [0.15, 0.2) is 0 Å². The number of aromatic nitrogens is 1. The Hall–Kier alpha value is -2.84. The molecule has 0 unspecified atom stereocenters. The average molecular weight is 387 g/mol. The zero-order valence-corrected chi connectivity index (χ0v) is 15.8. The van der Waals surface area contributed by atoms with Crippen molar-refractivity contribution in [1.82, 2.24) is 9.88 Å². The molecule has 1 atom stereocenters. The number of amides is 2. The van der Waals surface area contributed by atoms with Gasteiger partial charge in [0, 0.05) is 25.2 Å². The van der Waals surface area contributed by atoms with Gasteiger partial charge in [-0.25, -0.2) is 9.78 Å². The molecule has 0 spiro atoms. The Labute approximate surface area is 163 Å². The fourth-order valence-electron chi connectivity index (χ4n) is 3.04. The molecule has 0 bridgehead atoms. The van der Waals surface area contributed by atoms with Gasteiger partial charge in [0.1, 0.15) is 11.5 Å². The molecule has 28 heavy (non-hydrogen) atoms. The summed E-state index contributed by atoms with van der Waals surface area (Å²) in [6.07, 6.45) is 2.99. The summed E-state index contributed by atoms with van der Waals surface area (Å²) < 4.78 is 10.8. The van der Waals surface area contributed by atoms with Crippen LogP contribution in [0, 0.1) is 0 Å². The SMILES string of the molecule is COc1cccc(Oc2ccc(NC(=O)N3CCC[C@@](O)(CO)CC3)cn2)c1. The predicted molar refractivity (Wildman–Crippen MR) is 104 cm³/mol. The number of rotatable bonds is 5. The number of aliphatic hydroxyl groups is 2. The molecule has 2 amide bonds. The van der Waals surface area contributed by atoms with Gasteiger partial charge in [-0.1, -0.05) is 6.07 Å². The molecule has 1 aliphatic rings. The summed E-state index contributed by atoms with van der Waals surface area (Å²) in [6, 6.07) is 10.3. The summed E-state index contributed by atoms with van der Waals surface area (Å²) in [5.41, 5.74) is -0.556. The fourth-order valence-corrected chi connectivity index (χ4v) is 3.04. The lowest BCUT2D eigenvalue weighted by Gasteiger charge is -2.24. The van der Waals surface area contributed by atoms with Gasteiger partial charge in [0.2, 0.25) is 5.88 Å². The van der Waals surface area contributed by atoms with Crippen molar-refractivity contribution in [2.24, 2.45) is 0 Å². The van der Waals surface area contributed by atoms with E-state index in [4.69, 9.17) is 9.47 Å². The quantitative estimate of drug-likeness (QED) is 0.729. The van der Waals surface area contributed by atoms with Gasteiger partial charge in [-0.2, -0.15) is 0 Å². The summed E-state index contributed by atoms with van der Waals surface area (Å²) in [4.78, 5) is 18.3. The van der Waals surface area contributed by atoms with E-state index in [9.17, 15) is 15.0 Å². The Bertz CT molecular complexity index is 799. The van der Waals surface area contributed by atoms with Gasteiger partial charge in [0.05, 0.1) is 31.2 Å². The number of hydrogen-bond donors (Lipinski definition) is 3. The van der Waals surface area contributed by atoms with Crippen molar-refractivity contribution in [3.8, 4) is 17.4 Å². The van der Waals surface area contributed by atoms with Gasteiger partial charge in [-0.05, 0) is 37.5 Å². The number of pyridine rings is 1. The molecule has 0 radical (unpaired) electrons. The number of urea groups is 1. The highest BCUT2D eigenvalue weighted by molar-refractivity contribution is 5.89. The molecule has 1 aromatic carbocycles. The number of nitrogens with zero attached hydrogens (tertiary/aromatic N) is 2. The molecule has 1 fully saturated rings. The van der Waals surface area contributed by atoms with Crippen LogP contribution in [0.4, 0.5) is 10.5 Å². The molecular formula is C20H25N3O5. The summed E-state index contributed by atoms with van der Waals surface area (Å²) >= 11 is 0. The number of ether oxygens (including phenoxy) is 2. The standard InChI is InChI=1S/C20H25N3O5/c1-27-16-4-2-5-17(12-16)28-18-7-6-15(13-21-18)22-19(25)23-10-3-8-20(26,14-24)9-11-23/h2,4-7,12-13,24,26H,3,8-11,14H2,1H3,(H,22,25)/t20-/m0/s1. The van der Waals surface area contributed by atoms with Crippen molar-refractivity contribution in [3.63, 3.8) is 0 Å². The molecule has 1 aliphatic heterocycles. The zero-order valence-electron chi connectivity index (χ0n) is 15.8. The van der Waals surface area contributed by atoms with E-state index >= 15 is 0 Å². The molecule has 2 heterocycles. The molecule has 2 aromatic rings. The second kappa shape index (κ2) is 8.90. The number of hydrogen-bond acceptors (Lipinski definition) is 6. The molecular weight excluding hydrogens is 362 g/mol. The zero-order chi connectivity index (χ0) is 20.0. The van der Waals surface area contributed by atoms with Crippen molar-refractivity contribution in [3.05, 3.63) is 42.6 Å². The van der Waals surface area contributed by atoms with Crippen LogP contribution in [0.1, 0.15) is 19.3 Å². The smallest absolute Gasteiger partial charge is 0.321 e. The van der Waals surface area contributed by atoms with Crippen molar-refractivity contribution >= 4 is 11.7 Å². The van der Waals surface area contributed by atoms with Gasteiger partial charge in [0.25, 0.3) is 0 Å². The molecule has 8 nitrogen and oxygen atoms in total. The first-order valence-electron chi connectivity index (χ1n) is 9.18. The van der Waals surface area contributed by atoms with E-state index in [0.29, 0.717) is 55.4 Å². The van der Waals surface area contributed by atoms with Gasteiger partial charge in [-0.3, -0.25) is 0 Å². The van der Waals surface area contributed by atoms with Crippen molar-refractivity contribution in [1.29, 1.82) is 0 Å².